The smallest absolute Gasteiger partial charge is 0.290 e. The van der Waals surface area contributed by atoms with Gasteiger partial charge < -0.3 is 0 Å². The predicted octanol–water partition coefficient (Wildman–Crippen LogP) is 3.54. The van der Waals surface area contributed by atoms with Crippen LogP contribution in [-0.2, 0) is 23.6 Å². The molecule has 0 saturated carbocycles. The predicted molar refractivity (Wildman–Crippen MR) is 132 cm³/mol. The van der Waals surface area contributed by atoms with Crippen molar-refractivity contribution in [3.63, 3.8) is 0 Å². The molecule has 1 fully saturated rings. The van der Waals surface area contributed by atoms with Crippen molar-refractivity contribution >= 4 is 43.8 Å². The summed E-state index contributed by atoms with van der Waals surface area (Å²) >= 11 is 6.30. The van der Waals surface area contributed by atoms with Crippen molar-refractivity contribution < 1.29 is 13.0 Å². The molecule has 1 aromatic carbocycles. The summed E-state index contributed by atoms with van der Waals surface area (Å²) in [7, 11) is -2.24. The number of aromatic nitrogens is 5. The standard InChI is InChI=1S/C23H27ClN6O4S/c1-23(2,3)13-30-18-10-9-16(25-21(18)28(4)22(30)31)14-6-5-11-29(12-14)35(32,33)20-15(24)7-8-17-19(20)27-34-26-17/h7-10,14H,5-6,11-13H2,1-4H3. The number of nitrogens with zero attached hydrogens (tertiary/aromatic N) is 6. The van der Waals surface area contributed by atoms with E-state index in [0.29, 0.717) is 30.7 Å². The van der Waals surface area contributed by atoms with Gasteiger partial charge in [0.1, 0.15) is 10.4 Å². The van der Waals surface area contributed by atoms with E-state index in [1.807, 2.05) is 12.1 Å². The number of halogens is 1. The lowest BCUT2D eigenvalue weighted by Crippen LogP contribution is -2.39. The molecule has 0 aliphatic carbocycles. The van der Waals surface area contributed by atoms with Crippen molar-refractivity contribution in [3.8, 4) is 0 Å². The molecule has 0 radical (unpaired) electrons. The normalized spacial score (nSPS) is 18.0. The van der Waals surface area contributed by atoms with Crippen LogP contribution in [-0.4, -0.2) is 50.2 Å². The number of aryl methyl sites for hydroxylation is 1. The molecule has 4 aromatic rings. The van der Waals surface area contributed by atoms with Gasteiger partial charge in [0.05, 0.1) is 10.5 Å². The molecule has 186 valence electrons. The second-order valence-corrected chi connectivity index (χ2v) is 12.6. The molecule has 1 saturated heterocycles. The van der Waals surface area contributed by atoms with Crippen LogP contribution in [0.4, 0.5) is 0 Å². The first-order valence-electron chi connectivity index (χ1n) is 11.4. The van der Waals surface area contributed by atoms with Crippen molar-refractivity contribution in [3.05, 3.63) is 45.5 Å². The summed E-state index contributed by atoms with van der Waals surface area (Å²) in [5.74, 6) is -0.127. The van der Waals surface area contributed by atoms with Gasteiger partial charge in [-0.1, -0.05) is 32.4 Å². The van der Waals surface area contributed by atoms with E-state index < -0.39 is 10.0 Å². The van der Waals surface area contributed by atoms with Gasteiger partial charge in [0.25, 0.3) is 0 Å². The SMILES string of the molecule is Cn1c(=O)n(CC(C)(C)C)c2ccc(C3CCCN(S(=O)(=O)c4c(Cl)ccc5nonc45)C3)nc21. The highest BCUT2D eigenvalue weighted by Crippen LogP contribution is 2.35. The molecule has 1 aliphatic heterocycles. The van der Waals surface area contributed by atoms with Crippen molar-refractivity contribution in [1.29, 1.82) is 0 Å². The third-order valence-electron chi connectivity index (χ3n) is 6.37. The first-order chi connectivity index (χ1) is 16.5. The van der Waals surface area contributed by atoms with Crippen LogP contribution in [0, 0.1) is 5.41 Å². The number of hydrogen-bond acceptors (Lipinski definition) is 7. The lowest BCUT2D eigenvalue weighted by atomic mass is 9.95. The fourth-order valence-electron chi connectivity index (χ4n) is 4.72. The minimum Gasteiger partial charge on any atom is -0.290 e. The number of rotatable bonds is 4. The highest BCUT2D eigenvalue weighted by Gasteiger charge is 2.35. The number of benzene rings is 1. The first kappa shape index (κ1) is 24.0. The average Bonchev–Trinajstić information content (AvgIpc) is 3.36. The number of fused-ring (bicyclic) bond motifs is 2. The molecule has 0 spiro atoms. The van der Waals surface area contributed by atoms with Gasteiger partial charge in [-0.3, -0.25) is 9.13 Å². The monoisotopic (exact) mass is 518 g/mol. The molecule has 1 atom stereocenters. The van der Waals surface area contributed by atoms with Crippen LogP contribution in [0.1, 0.15) is 45.2 Å². The van der Waals surface area contributed by atoms with E-state index in [-0.39, 0.29) is 39.0 Å². The number of pyridine rings is 1. The molecule has 3 aromatic heterocycles. The Hall–Kier alpha value is -2.76. The average molecular weight is 519 g/mol. The van der Waals surface area contributed by atoms with E-state index in [4.69, 9.17) is 21.2 Å². The molecule has 0 N–H and O–H groups in total. The zero-order valence-electron chi connectivity index (χ0n) is 20.0. The summed E-state index contributed by atoms with van der Waals surface area (Å²) in [6, 6.07) is 6.87. The summed E-state index contributed by atoms with van der Waals surface area (Å²) in [4.78, 5) is 17.6. The van der Waals surface area contributed by atoms with Crippen LogP contribution >= 0.6 is 11.6 Å². The molecule has 10 nitrogen and oxygen atoms in total. The Bertz CT molecular complexity index is 1600. The van der Waals surface area contributed by atoms with Crippen LogP contribution in [0.3, 0.4) is 0 Å². The molecular weight excluding hydrogens is 492 g/mol. The maximum absolute atomic E-state index is 13.6. The van der Waals surface area contributed by atoms with E-state index >= 15 is 0 Å². The summed E-state index contributed by atoms with van der Waals surface area (Å²) in [5, 5.41) is 7.59. The highest BCUT2D eigenvalue weighted by molar-refractivity contribution is 7.89. The molecule has 12 heteroatoms. The molecular formula is C23H27ClN6O4S. The Morgan fingerprint density at radius 1 is 1.17 bits per heavy atom. The van der Waals surface area contributed by atoms with Crippen LogP contribution in [0.15, 0.2) is 38.6 Å². The number of imidazole rings is 1. The molecule has 5 rings (SSSR count). The summed E-state index contributed by atoms with van der Waals surface area (Å²) < 4.78 is 36.7. The second-order valence-electron chi connectivity index (χ2n) is 10.3. The molecule has 0 bridgehead atoms. The van der Waals surface area contributed by atoms with Crippen molar-refractivity contribution in [2.75, 3.05) is 13.1 Å². The van der Waals surface area contributed by atoms with Gasteiger partial charge in [-0.15, -0.1) is 0 Å². The van der Waals surface area contributed by atoms with E-state index in [0.717, 1.165) is 17.6 Å². The topological polar surface area (TPSA) is 116 Å². The summed E-state index contributed by atoms with van der Waals surface area (Å²) in [6.07, 6.45) is 1.45. The van der Waals surface area contributed by atoms with Gasteiger partial charge in [0.15, 0.2) is 11.2 Å². The lowest BCUT2D eigenvalue weighted by molar-refractivity contribution is 0.310. The van der Waals surface area contributed by atoms with E-state index in [9.17, 15) is 13.2 Å². The molecule has 1 unspecified atom stereocenters. The van der Waals surface area contributed by atoms with Gasteiger partial charge in [-0.2, -0.15) is 4.31 Å². The fraction of sp³-hybridized carbons (Fsp3) is 0.478. The van der Waals surface area contributed by atoms with Crippen LogP contribution < -0.4 is 5.69 Å². The summed E-state index contributed by atoms with van der Waals surface area (Å²) in [5.41, 5.74) is 2.39. The van der Waals surface area contributed by atoms with Crippen LogP contribution in [0.2, 0.25) is 5.02 Å². The number of piperidine rings is 1. The zero-order valence-corrected chi connectivity index (χ0v) is 21.6. The fourth-order valence-corrected chi connectivity index (χ4v) is 6.87. The zero-order chi connectivity index (χ0) is 25.1. The minimum atomic E-state index is -3.95. The Morgan fingerprint density at radius 3 is 2.69 bits per heavy atom. The molecule has 35 heavy (non-hydrogen) atoms. The lowest BCUT2D eigenvalue weighted by Gasteiger charge is -2.31. The minimum absolute atomic E-state index is 0.0709. The van der Waals surface area contributed by atoms with Gasteiger partial charge in [-0.05, 0) is 52.8 Å². The van der Waals surface area contributed by atoms with E-state index in [1.54, 1.807) is 22.2 Å². The van der Waals surface area contributed by atoms with Crippen molar-refractivity contribution in [2.45, 2.75) is 51.0 Å². The Kier molecular flexibility index (Phi) is 5.77. The highest BCUT2D eigenvalue weighted by atomic mass is 35.5. The number of hydrogen-bond donors (Lipinski definition) is 0. The van der Waals surface area contributed by atoms with Gasteiger partial charge >= 0.3 is 5.69 Å². The quantitative estimate of drug-likeness (QED) is 0.405. The Labute approximate surface area is 207 Å². The molecule has 0 amide bonds. The largest absolute Gasteiger partial charge is 0.330 e. The Morgan fingerprint density at radius 2 is 1.94 bits per heavy atom. The third-order valence-corrected chi connectivity index (χ3v) is 8.74. The summed E-state index contributed by atoms with van der Waals surface area (Å²) in [6.45, 7) is 7.43. The van der Waals surface area contributed by atoms with Crippen molar-refractivity contribution in [1.82, 2.24) is 28.7 Å². The van der Waals surface area contributed by atoms with E-state index in [1.165, 1.54) is 10.4 Å². The number of sulfonamides is 1. The van der Waals surface area contributed by atoms with Crippen LogP contribution in [0.25, 0.3) is 22.2 Å². The second kappa shape index (κ2) is 8.42. The third kappa shape index (κ3) is 4.15. The maximum atomic E-state index is 13.6. The van der Waals surface area contributed by atoms with Crippen molar-refractivity contribution in [2.24, 2.45) is 12.5 Å². The molecule has 1 aliphatic rings. The molecule has 4 heterocycles. The van der Waals surface area contributed by atoms with Gasteiger partial charge in [-0.25, -0.2) is 22.8 Å². The van der Waals surface area contributed by atoms with E-state index in [2.05, 4.69) is 31.1 Å². The first-order valence-corrected chi connectivity index (χ1v) is 13.3. The Balaban J connectivity index is 1.50. The van der Waals surface area contributed by atoms with Gasteiger partial charge in [0.2, 0.25) is 10.0 Å². The van der Waals surface area contributed by atoms with Crippen LogP contribution in [0.5, 0.6) is 0 Å². The van der Waals surface area contributed by atoms with Gasteiger partial charge in [0, 0.05) is 38.3 Å². The maximum Gasteiger partial charge on any atom is 0.330 e.